The van der Waals surface area contributed by atoms with Crippen molar-refractivity contribution in [1.82, 2.24) is 19.8 Å². The molecule has 42 heavy (non-hydrogen) atoms. The molecule has 10 heteroatoms. The second-order valence-corrected chi connectivity index (χ2v) is 13.2. The smallest absolute Gasteiger partial charge is 0.344 e. The minimum absolute atomic E-state index is 0.0106. The molecule has 2 aliphatic heterocycles. The maximum Gasteiger partial charge on any atom is 0.344 e. The van der Waals surface area contributed by atoms with E-state index in [0.29, 0.717) is 17.6 Å². The summed E-state index contributed by atoms with van der Waals surface area (Å²) in [5, 5.41) is 15.3. The van der Waals surface area contributed by atoms with Gasteiger partial charge >= 0.3 is 5.97 Å². The average molecular weight is 578 g/mol. The number of oxime groups is 1. The molecule has 0 radical (unpaired) electrons. The lowest BCUT2D eigenvalue weighted by molar-refractivity contribution is -0.142. The standard InChI is InChI=1S/C32H43N5O5/c1-32-13-7-10-22(37(32)23-15-20-8-3-4-9-21(14-20)16-23)17-24(18-32)36-26-12-6-5-11-25(26)34-29(31(36)41)28(30(40)33-2)35-42-19-27(38)39/h5-6,11-12,20-24H,3-4,7-10,13-19H2,1-2H3,(H,33,40)(H,38,39)/b35-28-/t20-,21+,22-,23?,24?,32?/m0/s1. The predicted molar refractivity (Wildman–Crippen MR) is 159 cm³/mol. The van der Waals surface area contributed by atoms with Crippen LogP contribution in [0.3, 0.4) is 0 Å². The van der Waals surface area contributed by atoms with Crippen LogP contribution >= 0.6 is 0 Å². The summed E-state index contributed by atoms with van der Waals surface area (Å²) in [6, 6.07) is 8.46. The Bertz CT molecular complexity index is 1420. The molecule has 2 saturated heterocycles. The zero-order valence-corrected chi connectivity index (χ0v) is 24.8. The SMILES string of the molecule is CNC(=O)/C(=N\OCC(=O)O)c1nc2ccccc2n(C2C[C@@H]3CCCC(C)(C2)N3C2C[C@H]3CCCC[C@@H](C2)C3)c1=O. The lowest BCUT2D eigenvalue weighted by Crippen LogP contribution is -2.64. The molecule has 10 nitrogen and oxygen atoms in total. The maximum absolute atomic E-state index is 14.3. The zero-order chi connectivity index (χ0) is 29.4. The summed E-state index contributed by atoms with van der Waals surface area (Å²) in [4.78, 5) is 50.5. The normalized spacial score (nSPS) is 31.8. The molecule has 2 aromatic rings. The van der Waals surface area contributed by atoms with E-state index in [-0.39, 0.29) is 23.0 Å². The molecule has 1 aromatic heterocycles. The van der Waals surface area contributed by atoms with Crippen LogP contribution in [0.4, 0.5) is 0 Å². The second kappa shape index (κ2) is 11.8. The van der Waals surface area contributed by atoms with Gasteiger partial charge in [0.25, 0.3) is 11.5 Å². The number of rotatable bonds is 7. The van der Waals surface area contributed by atoms with E-state index in [1.54, 1.807) is 0 Å². The first kappa shape index (κ1) is 28.8. The van der Waals surface area contributed by atoms with Crippen molar-refractivity contribution in [2.45, 2.75) is 108 Å². The van der Waals surface area contributed by atoms with E-state index < -0.39 is 24.0 Å². The van der Waals surface area contributed by atoms with Gasteiger partial charge in [0, 0.05) is 30.7 Å². The van der Waals surface area contributed by atoms with E-state index in [9.17, 15) is 14.4 Å². The van der Waals surface area contributed by atoms with Gasteiger partial charge in [-0.15, -0.1) is 0 Å². The second-order valence-electron chi connectivity index (χ2n) is 13.2. The summed E-state index contributed by atoms with van der Waals surface area (Å²) in [5.41, 5.74) is 0.445. The van der Waals surface area contributed by atoms with Crippen LogP contribution in [0.2, 0.25) is 0 Å². The van der Waals surface area contributed by atoms with Gasteiger partial charge in [0.05, 0.1) is 11.0 Å². The number of para-hydroxylation sites is 2. The number of carboxylic acids is 1. The van der Waals surface area contributed by atoms with Crippen LogP contribution in [0, 0.1) is 11.8 Å². The number of likely N-dealkylation sites (N-methyl/N-ethyl adjacent to an activating group) is 1. The number of amides is 1. The van der Waals surface area contributed by atoms with E-state index in [2.05, 4.69) is 27.3 Å². The fourth-order valence-electron chi connectivity index (χ4n) is 8.93. The van der Waals surface area contributed by atoms with Gasteiger partial charge in [-0.05, 0) is 75.8 Å². The quantitative estimate of drug-likeness (QED) is 0.372. The molecule has 226 valence electrons. The molecule has 4 bridgehead atoms. The molecule has 0 spiro atoms. The number of aromatic nitrogens is 2. The Morgan fingerprint density at radius 1 is 1.05 bits per heavy atom. The highest BCUT2D eigenvalue weighted by atomic mass is 16.6. The Morgan fingerprint density at radius 2 is 1.79 bits per heavy atom. The van der Waals surface area contributed by atoms with Crippen molar-refractivity contribution in [1.29, 1.82) is 0 Å². The average Bonchev–Trinajstić information content (AvgIpc) is 3.13. The number of hydrogen-bond donors (Lipinski definition) is 2. The largest absolute Gasteiger partial charge is 0.479 e. The highest BCUT2D eigenvalue weighted by Gasteiger charge is 2.51. The molecule has 2 N–H and O–H groups in total. The number of carbonyl (C=O) groups is 2. The fraction of sp³-hybridized carbons (Fsp3) is 0.656. The van der Waals surface area contributed by atoms with Gasteiger partial charge in [0.1, 0.15) is 0 Å². The maximum atomic E-state index is 14.3. The van der Waals surface area contributed by atoms with Gasteiger partial charge in [-0.3, -0.25) is 14.5 Å². The van der Waals surface area contributed by atoms with Crippen molar-refractivity contribution in [2.24, 2.45) is 17.0 Å². The van der Waals surface area contributed by atoms with E-state index in [0.717, 1.165) is 43.0 Å². The highest BCUT2D eigenvalue weighted by Crippen LogP contribution is 2.51. The number of nitrogens with zero attached hydrogens (tertiary/aromatic N) is 4. The third-order valence-electron chi connectivity index (χ3n) is 10.4. The molecule has 3 heterocycles. The van der Waals surface area contributed by atoms with Crippen LogP contribution in [-0.2, 0) is 14.4 Å². The molecule has 4 fully saturated rings. The van der Waals surface area contributed by atoms with Crippen LogP contribution in [0.1, 0.15) is 95.7 Å². The third-order valence-corrected chi connectivity index (χ3v) is 10.4. The molecule has 3 unspecified atom stereocenters. The van der Waals surface area contributed by atoms with Crippen molar-refractivity contribution < 1.29 is 19.5 Å². The molecule has 1 aromatic carbocycles. The highest BCUT2D eigenvalue weighted by molar-refractivity contribution is 6.44. The molecular weight excluding hydrogens is 534 g/mol. The number of carboxylic acid groups (broad SMARTS) is 1. The van der Waals surface area contributed by atoms with E-state index >= 15 is 0 Å². The monoisotopic (exact) mass is 577 g/mol. The summed E-state index contributed by atoms with van der Waals surface area (Å²) < 4.78 is 1.84. The topological polar surface area (TPSA) is 126 Å². The molecule has 4 aliphatic rings. The van der Waals surface area contributed by atoms with Crippen LogP contribution in [-0.4, -0.2) is 68.4 Å². The van der Waals surface area contributed by atoms with E-state index in [4.69, 9.17) is 9.94 Å². The first-order chi connectivity index (χ1) is 20.3. The van der Waals surface area contributed by atoms with Gasteiger partial charge in [-0.25, -0.2) is 9.78 Å². The molecule has 2 saturated carbocycles. The van der Waals surface area contributed by atoms with Crippen molar-refractivity contribution in [2.75, 3.05) is 13.7 Å². The van der Waals surface area contributed by atoms with Crippen molar-refractivity contribution in [3.05, 3.63) is 40.3 Å². The Balaban J connectivity index is 1.39. The first-order valence-electron chi connectivity index (χ1n) is 15.7. The van der Waals surface area contributed by atoms with Crippen LogP contribution in [0.15, 0.2) is 34.2 Å². The predicted octanol–water partition coefficient (Wildman–Crippen LogP) is 4.25. The summed E-state index contributed by atoms with van der Waals surface area (Å²) >= 11 is 0. The van der Waals surface area contributed by atoms with Crippen molar-refractivity contribution in [3.8, 4) is 0 Å². The number of fused-ring (bicyclic) bond motifs is 5. The fourth-order valence-corrected chi connectivity index (χ4v) is 8.93. The third kappa shape index (κ3) is 5.45. The number of nitrogens with one attached hydrogen (secondary N) is 1. The van der Waals surface area contributed by atoms with Gasteiger partial charge in [-0.2, -0.15) is 0 Å². The van der Waals surface area contributed by atoms with E-state index in [1.165, 1.54) is 58.4 Å². The molecule has 6 atom stereocenters. The minimum atomic E-state index is -1.23. The summed E-state index contributed by atoms with van der Waals surface area (Å²) in [6.45, 7) is 1.68. The first-order valence-corrected chi connectivity index (χ1v) is 15.7. The summed E-state index contributed by atoms with van der Waals surface area (Å²) in [7, 11) is 1.42. The number of benzene rings is 1. The van der Waals surface area contributed by atoms with Gasteiger partial charge < -0.3 is 19.8 Å². The van der Waals surface area contributed by atoms with Gasteiger partial charge in [0.2, 0.25) is 6.61 Å². The molecular formula is C32H43N5O5. The van der Waals surface area contributed by atoms with Crippen molar-refractivity contribution >= 4 is 28.6 Å². The Kier molecular flexibility index (Phi) is 8.09. The zero-order valence-electron chi connectivity index (χ0n) is 24.8. The number of carbonyl (C=O) groups excluding carboxylic acids is 1. The number of aliphatic carboxylic acids is 1. The lowest BCUT2D eigenvalue weighted by atomic mass is 9.68. The molecule has 1 amide bonds. The summed E-state index contributed by atoms with van der Waals surface area (Å²) in [6.07, 6.45) is 14.7. The van der Waals surface area contributed by atoms with Crippen LogP contribution in [0.5, 0.6) is 0 Å². The molecule has 6 rings (SSSR count). The number of piperidine rings is 2. The van der Waals surface area contributed by atoms with Crippen LogP contribution < -0.4 is 10.9 Å². The number of hydrogen-bond acceptors (Lipinski definition) is 7. The Morgan fingerprint density at radius 3 is 2.48 bits per heavy atom. The van der Waals surface area contributed by atoms with Crippen LogP contribution in [0.25, 0.3) is 11.0 Å². The van der Waals surface area contributed by atoms with Crippen molar-refractivity contribution in [3.63, 3.8) is 0 Å². The van der Waals surface area contributed by atoms with Gasteiger partial charge in [0.15, 0.2) is 11.4 Å². The minimum Gasteiger partial charge on any atom is -0.479 e. The van der Waals surface area contributed by atoms with Gasteiger partial charge in [-0.1, -0.05) is 49.4 Å². The Hall–Kier alpha value is -3.27. The Labute approximate surface area is 246 Å². The lowest BCUT2D eigenvalue weighted by Gasteiger charge is -2.60. The summed E-state index contributed by atoms with van der Waals surface area (Å²) in [5.74, 6) is -0.205. The van der Waals surface area contributed by atoms with E-state index in [1.807, 2.05) is 28.8 Å². The molecule has 2 aliphatic carbocycles.